The van der Waals surface area contributed by atoms with Crippen LogP contribution in [0.15, 0.2) is 23.8 Å². The number of hydrogen-bond acceptors (Lipinski definition) is 5. The van der Waals surface area contributed by atoms with E-state index in [9.17, 15) is 13.2 Å². The molecule has 0 aliphatic heterocycles. The summed E-state index contributed by atoms with van der Waals surface area (Å²) in [6, 6.07) is 1.68. The van der Waals surface area contributed by atoms with Gasteiger partial charge in [-0.2, -0.15) is 17.5 Å². The molecule has 2 heterocycles. The summed E-state index contributed by atoms with van der Waals surface area (Å²) < 4.78 is 40.4. The molecule has 0 amide bonds. The van der Waals surface area contributed by atoms with E-state index in [1.165, 1.54) is 11.5 Å². The Balaban J connectivity index is 2.14. The molecule has 0 fully saturated rings. The maximum Gasteiger partial charge on any atom is 0.434 e. The van der Waals surface area contributed by atoms with Gasteiger partial charge in [-0.1, -0.05) is 0 Å². The highest BCUT2D eigenvalue weighted by molar-refractivity contribution is 7.03. The summed E-state index contributed by atoms with van der Waals surface area (Å²) in [5.41, 5.74) is -1.02. The minimum atomic E-state index is -4.47. The number of hydrogen-bond donors (Lipinski definition) is 1. The Bertz CT molecular complexity index is 451. The molecule has 2 aromatic heterocycles. The number of halogens is 3. The van der Waals surface area contributed by atoms with Crippen LogP contribution in [-0.2, 0) is 6.18 Å². The van der Waals surface area contributed by atoms with Gasteiger partial charge in [0.1, 0.15) is 11.6 Å². The average molecular weight is 246 g/mol. The standard InChI is InChI=1S/C8H5F3N4S/c9-8(10,11)5-3-13-7(4-12-5)14-6-1-2-16-15-6/h1-4H,(H,13,14,15). The Hall–Kier alpha value is -1.70. The molecule has 16 heavy (non-hydrogen) atoms. The van der Waals surface area contributed by atoms with Crippen LogP contribution in [0.3, 0.4) is 0 Å². The van der Waals surface area contributed by atoms with Gasteiger partial charge in [-0.25, -0.2) is 9.97 Å². The van der Waals surface area contributed by atoms with Crippen LogP contribution >= 0.6 is 11.5 Å². The lowest BCUT2D eigenvalue weighted by Gasteiger charge is -2.05. The summed E-state index contributed by atoms with van der Waals surface area (Å²) in [6.07, 6.45) is -2.77. The van der Waals surface area contributed by atoms with Crippen LogP contribution in [0.2, 0.25) is 0 Å². The minimum absolute atomic E-state index is 0.221. The zero-order valence-electron chi connectivity index (χ0n) is 7.69. The zero-order chi connectivity index (χ0) is 11.6. The van der Waals surface area contributed by atoms with Crippen molar-refractivity contribution < 1.29 is 13.2 Å². The molecule has 0 saturated heterocycles. The smallest absolute Gasteiger partial charge is 0.323 e. The Morgan fingerprint density at radius 3 is 2.44 bits per heavy atom. The molecule has 2 aromatic rings. The summed E-state index contributed by atoms with van der Waals surface area (Å²) in [7, 11) is 0. The molecule has 0 saturated carbocycles. The summed E-state index contributed by atoms with van der Waals surface area (Å²) in [4.78, 5) is 6.85. The van der Waals surface area contributed by atoms with Crippen molar-refractivity contribution in [3.05, 3.63) is 29.5 Å². The Morgan fingerprint density at radius 1 is 1.12 bits per heavy atom. The zero-order valence-corrected chi connectivity index (χ0v) is 8.51. The van der Waals surface area contributed by atoms with E-state index in [2.05, 4.69) is 19.7 Å². The number of aromatic nitrogens is 3. The highest BCUT2D eigenvalue weighted by Crippen LogP contribution is 2.27. The monoisotopic (exact) mass is 246 g/mol. The van der Waals surface area contributed by atoms with Gasteiger partial charge >= 0.3 is 6.18 Å². The van der Waals surface area contributed by atoms with Gasteiger partial charge in [0.05, 0.1) is 12.4 Å². The molecule has 4 nitrogen and oxygen atoms in total. The van der Waals surface area contributed by atoms with Crippen LogP contribution in [-0.4, -0.2) is 14.3 Å². The van der Waals surface area contributed by atoms with E-state index in [0.29, 0.717) is 12.0 Å². The molecule has 8 heteroatoms. The van der Waals surface area contributed by atoms with Crippen molar-refractivity contribution in [1.29, 1.82) is 0 Å². The first-order valence-corrected chi connectivity index (χ1v) is 4.96. The SMILES string of the molecule is FC(F)(F)c1cnc(Nc2ccsn2)cn1. The van der Waals surface area contributed by atoms with E-state index < -0.39 is 11.9 Å². The van der Waals surface area contributed by atoms with Crippen molar-refractivity contribution in [2.75, 3.05) is 5.32 Å². The van der Waals surface area contributed by atoms with E-state index in [0.717, 1.165) is 6.20 Å². The molecule has 0 aromatic carbocycles. The molecule has 1 N–H and O–H groups in total. The molecule has 0 aliphatic carbocycles. The van der Waals surface area contributed by atoms with Crippen molar-refractivity contribution in [3.63, 3.8) is 0 Å². The number of rotatable bonds is 2. The van der Waals surface area contributed by atoms with Crippen molar-refractivity contribution >= 4 is 23.2 Å². The number of nitrogens with one attached hydrogen (secondary N) is 1. The summed E-state index contributed by atoms with van der Waals surface area (Å²) in [5, 5.41) is 4.46. The van der Waals surface area contributed by atoms with Gasteiger partial charge in [-0.3, -0.25) is 0 Å². The van der Waals surface area contributed by atoms with Crippen LogP contribution in [0.25, 0.3) is 0 Å². The van der Waals surface area contributed by atoms with Crippen LogP contribution in [0.5, 0.6) is 0 Å². The highest BCUT2D eigenvalue weighted by Gasteiger charge is 2.32. The molecular formula is C8H5F3N4S. The molecular weight excluding hydrogens is 241 g/mol. The molecule has 2 rings (SSSR count). The lowest BCUT2D eigenvalue weighted by Crippen LogP contribution is -2.08. The third-order valence-corrected chi connectivity index (χ3v) is 2.20. The topological polar surface area (TPSA) is 50.7 Å². The lowest BCUT2D eigenvalue weighted by molar-refractivity contribution is -0.141. The molecule has 0 atom stereocenters. The first-order chi connectivity index (χ1) is 7.55. The largest absolute Gasteiger partial charge is 0.434 e. The van der Waals surface area contributed by atoms with Crippen LogP contribution in [0, 0.1) is 0 Å². The van der Waals surface area contributed by atoms with Crippen LogP contribution in [0.4, 0.5) is 24.8 Å². The highest BCUT2D eigenvalue weighted by atomic mass is 32.1. The summed E-state index contributed by atoms with van der Waals surface area (Å²) in [6.45, 7) is 0. The second-order valence-electron chi connectivity index (χ2n) is 2.79. The molecule has 0 unspecified atom stereocenters. The number of nitrogens with zero attached hydrogens (tertiary/aromatic N) is 3. The van der Waals surface area contributed by atoms with Gasteiger partial charge in [0.2, 0.25) is 0 Å². The van der Waals surface area contributed by atoms with E-state index in [1.807, 2.05) is 0 Å². The van der Waals surface area contributed by atoms with Crippen LogP contribution < -0.4 is 5.32 Å². The maximum absolute atomic E-state index is 12.2. The van der Waals surface area contributed by atoms with Crippen molar-refractivity contribution in [2.24, 2.45) is 0 Å². The van der Waals surface area contributed by atoms with E-state index >= 15 is 0 Å². The van der Waals surface area contributed by atoms with Gasteiger partial charge < -0.3 is 5.32 Å². The van der Waals surface area contributed by atoms with Crippen molar-refractivity contribution in [1.82, 2.24) is 14.3 Å². The van der Waals surface area contributed by atoms with Crippen molar-refractivity contribution in [2.45, 2.75) is 6.18 Å². The Morgan fingerprint density at radius 2 is 1.94 bits per heavy atom. The maximum atomic E-state index is 12.2. The fourth-order valence-electron chi connectivity index (χ4n) is 0.947. The Labute approximate surface area is 92.3 Å². The molecule has 0 bridgehead atoms. The van der Waals surface area contributed by atoms with E-state index in [1.54, 1.807) is 11.4 Å². The molecule has 0 aliphatic rings. The fourth-order valence-corrected chi connectivity index (χ4v) is 1.42. The molecule has 84 valence electrons. The number of alkyl halides is 3. The third-order valence-electron chi connectivity index (χ3n) is 1.64. The second kappa shape index (κ2) is 4.05. The Kier molecular flexibility index (Phi) is 2.73. The lowest BCUT2D eigenvalue weighted by atomic mass is 10.4. The second-order valence-corrected chi connectivity index (χ2v) is 3.46. The van der Waals surface area contributed by atoms with E-state index in [-0.39, 0.29) is 5.82 Å². The first-order valence-electron chi connectivity index (χ1n) is 4.12. The number of anilines is 2. The minimum Gasteiger partial charge on any atom is -0.323 e. The molecule has 0 radical (unpaired) electrons. The predicted molar refractivity (Wildman–Crippen MR) is 52.4 cm³/mol. The van der Waals surface area contributed by atoms with Gasteiger partial charge in [0.15, 0.2) is 5.69 Å². The van der Waals surface area contributed by atoms with Crippen LogP contribution in [0.1, 0.15) is 5.69 Å². The van der Waals surface area contributed by atoms with Gasteiger partial charge in [0.25, 0.3) is 0 Å². The van der Waals surface area contributed by atoms with Gasteiger partial charge in [-0.15, -0.1) is 0 Å². The van der Waals surface area contributed by atoms with Gasteiger partial charge in [-0.05, 0) is 17.6 Å². The molecule has 0 spiro atoms. The first kappa shape index (κ1) is 10.8. The quantitative estimate of drug-likeness (QED) is 0.885. The normalized spacial score (nSPS) is 11.4. The van der Waals surface area contributed by atoms with E-state index in [4.69, 9.17) is 0 Å². The van der Waals surface area contributed by atoms with Gasteiger partial charge in [0, 0.05) is 5.38 Å². The third kappa shape index (κ3) is 2.45. The predicted octanol–water partition coefficient (Wildman–Crippen LogP) is 2.70. The summed E-state index contributed by atoms with van der Waals surface area (Å²) >= 11 is 1.23. The average Bonchev–Trinajstić information content (AvgIpc) is 2.70. The van der Waals surface area contributed by atoms with Crippen molar-refractivity contribution in [3.8, 4) is 0 Å². The fraction of sp³-hybridized carbons (Fsp3) is 0.125. The summed E-state index contributed by atoms with van der Waals surface area (Å²) in [5.74, 6) is 0.748.